The number of aryl methyl sites for hydroxylation is 1. The van der Waals surface area contributed by atoms with Gasteiger partial charge in [-0.2, -0.15) is 5.10 Å². The molecule has 3 aromatic rings. The van der Waals surface area contributed by atoms with Gasteiger partial charge in [0, 0.05) is 44.3 Å². The number of carbonyl (C=O) groups is 3. The highest BCUT2D eigenvalue weighted by Crippen LogP contribution is 2.14. The van der Waals surface area contributed by atoms with Crippen LogP contribution in [0.4, 0.5) is 10.5 Å². The molecule has 3 heterocycles. The van der Waals surface area contributed by atoms with Gasteiger partial charge >= 0.3 is 12.0 Å². The molecule has 0 aliphatic carbocycles. The molecule has 0 spiro atoms. The van der Waals surface area contributed by atoms with Gasteiger partial charge in [0.1, 0.15) is 5.56 Å². The molecule has 1 aromatic carbocycles. The van der Waals surface area contributed by atoms with Crippen molar-refractivity contribution in [1.29, 1.82) is 0 Å². The van der Waals surface area contributed by atoms with Crippen LogP contribution in [0.1, 0.15) is 16.1 Å². The van der Waals surface area contributed by atoms with E-state index in [2.05, 4.69) is 15.4 Å². The average molecular weight is 422 g/mol. The summed E-state index contributed by atoms with van der Waals surface area (Å²) in [5, 5.41) is 7.05. The van der Waals surface area contributed by atoms with Crippen LogP contribution in [0.5, 0.6) is 0 Å². The largest absolute Gasteiger partial charge is 0.452 e. The Morgan fingerprint density at radius 1 is 1.03 bits per heavy atom. The van der Waals surface area contributed by atoms with Crippen LogP contribution in [-0.4, -0.2) is 75.1 Å². The predicted octanol–water partition coefficient (Wildman–Crippen LogP) is 1.57. The van der Waals surface area contributed by atoms with Crippen LogP contribution in [-0.2, 0) is 9.53 Å². The molecule has 0 bridgehead atoms. The van der Waals surface area contributed by atoms with Crippen LogP contribution in [0.2, 0.25) is 0 Å². The maximum atomic E-state index is 12.5. The first-order valence-corrected chi connectivity index (χ1v) is 9.89. The Labute approximate surface area is 178 Å². The van der Waals surface area contributed by atoms with Crippen LogP contribution in [0.3, 0.4) is 0 Å². The normalized spacial score (nSPS) is 13.8. The monoisotopic (exact) mass is 422 g/mol. The molecule has 3 amide bonds. The molecule has 1 aliphatic heterocycles. The van der Waals surface area contributed by atoms with E-state index < -0.39 is 5.97 Å². The number of hydrogen-bond donors (Lipinski definition) is 1. The number of urea groups is 1. The van der Waals surface area contributed by atoms with E-state index in [1.54, 1.807) is 35.2 Å². The molecule has 160 valence electrons. The summed E-state index contributed by atoms with van der Waals surface area (Å²) in [5.74, 6) is -0.945. The lowest BCUT2D eigenvalue weighted by Crippen LogP contribution is -2.52. The molecule has 1 fully saturated rings. The fourth-order valence-electron chi connectivity index (χ4n) is 3.41. The summed E-state index contributed by atoms with van der Waals surface area (Å²) in [7, 11) is 0. The number of fused-ring (bicyclic) bond motifs is 1. The number of amides is 3. The predicted molar refractivity (Wildman–Crippen MR) is 112 cm³/mol. The Bertz CT molecular complexity index is 1110. The van der Waals surface area contributed by atoms with Gasteiger partial charge in [0.2, 0.25) is 0 Å². The van der Waals surface area contributed by atoms with Crippen molar-refractivity contribution < 1.29 is 19.1 Å². The zero-order valence-electron chi connectivity index (χ0n) is 17.0. The zero-order valence-corrected chi connectivity index (χ0v) is 17.0. The molecule has 0 saturated carbocycles. The number of anilines is 1. The third-order valence-electron chi connectivity index (χ3n) is 5.05. The molecule has 0 atom stereocenters. The van der Waals surface area contributed by atoms with Gasteiger partial charge in [-0.1, -0.05) is 18.2 Å². The molecule has 0 unspecified atom stereocenters. The number of para-hydroxylation sites is 1. The van der Waals surface area contributed by atoms with E-state index in [4.69, 9.17) is 4.74 Å². The number of benzene rings is 1. The lowest BCUT2D eigenvalue weighted by Gasteiger charge is -2.34. The fraction of sp³-hybridized carbons (Fsp3) is 0.286. The van der Waals surface area contributed by atoms with Crippen molar-refractivity contribution in [3.63, 3.8) is 0 Å². The Balaban J connectivity index is 1.28. The minimum absolute atomic E-state index is 0.208. The molecular weight excluding hydrogens is 400 g/mol. The first kappa shape index (κ1) is 20.3. The van der Waals surface area contributed by atoms with Crippen molar-refractivity contribution in [2.75, 3.05) is 38.1 Å². The number of rotatable bonds is 4. The van der Waals surface area contributed by atoms with Crippen molar-refractivity contribution in [1.82, 2.24) is 24.4 Å². The second kappa shape index (κ2) is 8.82. The van der Waals surface area contributed by atoms with Crippen LogP contribution in [0.25, 0.3) is 5.65 Å². The van der Waals surface area contributed by atoms with E-state index in [0.717, 1.165) is 5.69 Å². The highest BCUT2D eigenvalue weighted by Gasteiger charge is 2.26. The maximum Gasteiger partial charge on any atom is 0.344 e. The third-order valence-corrected chi connectivity index (χ3v) is 5.05. The van der Waals surface area contributed by atoms with Crippen molar-refractivity contribution in [3.8, 4) is 0 Å². The second-order valence-electron chi connectivity index (χ2n) is 7.09. The molecular formula is C21H22N6O4. The quantitative estimate of drug-likeness (QED) is 0.640. The number of nitrogens with one attached hydrogen (secondary N) is 1. The molecule has 10 nitrogen and oxygen atoms in total. The summed E-state index contributed by atoms with van der Waals surface area (Å²) in [6.07, 6.45) is 3.25. The van der Waals surface area contributed by atoms with Crippen molar-refractivity contribution in [2.24, 2.45) is 0 Å². The van der Waals surface area contributed by atoms with E-state index in [9.17, 15) is 14.4 Å². The number of aromatic nitrogens is 3. The van der Waals surface area contributed by atoms with Crippen LogP contribution < -0.4 is 5.32 Å². The van der Waals surface area contributed by atoms with Crippen LogP contribution in [0.15, 0.2) is 48.8 Å². The Morgan fingerprint density at radius 3 is 2.48 bits per heavy atom. The van der Waals surface area contributed by atoms with E-state index in [1.165, 1.54) is 4.52 Å². The smallest absolute Gasteiger partial charge is 0.344 e. The number of ether oxygens (including phenoxy) is 1. The van der Waals surface area contributed by atoms with Gasteiger partial charge in [0.15, 0.2) is 12.3 Å². The van der Waals surface area contributed by atoms with Crippen molar-refractivity contribution in [2.45, 2.75) is 6.92 Å². The molecule has 4 rings (SSSR count). The van der Waals surface area contributed by atoms with E-state index in [-0.39, 0.29) is 24.1 Å². The number of esters is 1. The summed E-state index contributed by atoms with van der Waals surface area (Å²) < 4.78 is 6.72. The van der Waals surface area contributed by atoms with Gasteiger partial charge in [-0.05, 0) is 25.1 Å². The fourth-order valence-corrected chi connectivity index (χ4v) is 3.41. The van der Waals surface area contributed by atoms with Gasteiger partial charge in [-0.25, -0.2) is 19.1 Å². The van der Waals surface area contributed by atoms with Crippen molar-refractivity contribution >= 4 is 29.2 Å². The van der Waals surface area contributed by atoms with Crippen LogP contribution in [0, 0.1) is 6.92 Å². The Hall–Kier alpha value is -3.95. The van der Waals surface area contributed by atoms with Crippen molar-refractivity contribution in [3.05, 3.63) is 60.0 Å². The summed E-state index contributed by atoms with van der Waals surface area (Å²) in [4.78, 5) is 44.7. The molecule has 1 aliphatic rings. The number of carbonyl (C=O) groups excluding carboxylic acids is 3. The summed E-state index contributed by atoms with van der Waals surface area (Å²) in [5.41, 5.74) is 1.83. The number of piperazine rings is 1. The molecule has 31 heavy (non-hydrogen) atoms. The van der Waals surface area contributed by atoms with Gasteiger partial charge in [-0.15, -0.1) is 0 Å². The Morgan fingerprint density at radius 2 is 1.74 bits per heavy atom. The topological polar surface area (TPSA) is 109 Å². The molecule has 10 heteroatoms. The van der Waals surface area contributed by atoms with Gasteiger partial charge in [0.25, 0.3) is 5.91 Å². The first-order valence-electron chi connectivity index (χ1n) is 9.89. The zero-order chi connectivity index (χ0) is 21.8. The third kappa shape index (κ3) is 4.47. The first-order chi connectivity index (χ1) is 15.0. The Kier molecular flexibility index (Phi) is 5.78. The number of nitrogens with zero attached hydrogens (tertiary/aromatic N) is 5. The lowest BCUT2D eigenvalue weighted by atomic mass is 10.2. The van der Waals surface area contributed by atoms with E-state index in [0.29, 0.717) is 37.5 Å². The second-order valence-corrected chi connectivity index (χ2v) is 7.09. The SMILES string of the molecule is Cc1nn2cccnc2c1C(=O)OCC(=O)N1CCN(C(=O)Nc2ccccc2)CC1. The summed E-state index contributed by atoms with van der Waals surface area (Å²) >= 11 is 0. The van der Waals surface area contributed by atoms with Crippen LogP contribution >= 0.6 is 0 Å². The average Bonchev–Trinajstić information content (AvgIpc) is 3.13. The van der Waals surface area contributed by atoms with E-state index >= 15 is 0 Å². The number of hydrogen-bond acceptors (Lipinski definition) is 6. The summed E-state index contributed by atoms with van der Waals surface area (Å²) in [6, 6.07) is 10.7. The van der Waals surface area contributed by atoms with E-state index in [1.807, 2.05) is 30.3 Å². The summed E-state index contributed by atoms with van der Waals surface area (Å²) in [6.45, 7) is 2.85. The highest BCUT2D eigenvalue weighted by molar-refractivity contribution is 5.98. The molecule has 1 saturated heterocycles. The van der Waals surface area contributed by atoms with Gasteiger partial charge < -0.3 is 19.9 Å². The minimum Gasteiger partial charge on any atom is -0.452 e. The minimum atomic E-state index is -0.638. The molecule has 0 radical (unpaired) electrons. The standard InChI is InChI=1S/C21H22N6O4/c1-15-18(19-22-8-5-9-27(19)24-15)20(29)31-14-17(28)25-10-12-26(13-11-25)21(30)23-16-6-3-2-4-7-16/h2-9H,10-14H2,1H3,(H,23,30). The van der Waals surface area contributed by atoms with Gasteiger partial charge in [-0.3, -0.25) is 4.79 Å². The lowest BCUT2D eigenvalue weighted by molar-refractivity contribution is -0.135. The maximum absolute atomic E-state index is 12.5. The molecule has 1 N–H and O–H groups in total. The highest BCUT2D eigenvalue weighted by atomic mass is 16.5. The molecule has 2 aromatic heterocycles. The van der Waals surface area contributed by atoms with Gasteiger partial charge in [0.05, 0.1) is 5.69 Å².